The van der Waals surface area contributed by atoms with Crippen LogP contribution in [0.3, 0.4) is 0 Å². The fraction of sp³-hybridized carbons (Fsp3) is 0.438. The Morgan fingerprint density at radius 1 is 1.28 bits per heavy atom. The second kappa shape index (κ2) is 6.94. The molecule has 0 atom stereocenters. The van der Waals surface area contributed by atoms with Crippen molar-refractivity contribution in [2.24, 2.45) is 12.9 Å². The molecule has 134 valence electrons. The fourth-order valence-corrected chi connectivity index (χ4v) is 3.31. The molecular weight excluding hydrogens is 334 g/mol. The zero-order chi connectivity index (χ0) is 18.0. The van der Waals surface area contributed by atoms with E-state index >= 15 is 0 Å². The van der Waals surface area contributed by atoms with Crippen LogP contribution >= 0.6 is 0 Å². The largest absolute Gasteiger partial charge is 0.361 e. The predicted molar refractivity (Wildman–Crippen MR) is 102 cm³/mol. The molecule has 0 aliphatic carbocycles. The minimum atomic E-state index is -1.12. The van der Waals surface area contributed by atoms with Crippen molar-refractivity contribution in [1.29, 1.82) is 0 Å². The van der Waals surface area contributed by atoms with E-state index in [1.165, 1.54) is 0 Å². The standard InChI is InChI=1S/C16H25N7OSi/c1-22-10-12(8-19-22)14-7-13-16(18-9-15(20-13)21-17)23(14)11-24-5-6-25(2,3)4/h7-10H,5-6,11,17H2,1-4H3,(H,20,21). The number of aromatic nitrogens is 5. The lowest BCUT2D eigenvalue weighted by molar-refractivity contribution is 0.0909. The molecule has 0 saturated carbocycles. The van der Waals surface area contributed by atoms with Gasteiger partial charge in [-0.2, -0.15) is 5.10 Å². The van der Waals surface area contributed by atoms with Crippen molar-refractivity contribution in [2.75, 3.05) is 12.0 Å². The number of nitrogens with two attached hydrogens (primary N) is 1. The van der Waals surface area contributed by atoms with E-state index in [1.807, 2.05) is 30.1 Å². The second-order valence-electron chi connectivity index (χ2n) is 7.32. The molecule has 0 spiro atoms. The number of nitrogens with zero attached hydrogens (tertiary/aromatic N) is 5. The van der Waals surface area contributed by atoms with E-state index in [9.17, 15) is 0 Å². The fourth-order valence-electron chi connectivity index (χ4n) is 2.55. The van der Waals surface area contributed by atoms with Crippen molar-refractivity contribution in [3.8, 4) is 11.3 Å². The molecule has 3 N–H and O–H groups in total. The van der Waals surface area contributed by atoms with E-state index in [0.29, 0.717) is 12.5 Å². The molecule has 0 saturated heterocycles. The minimum absolute atomic E-state index is 0.433. The van der Waals surface area contributed by atoms with E-state index < -0.39 is 8.07 Å². The van der Waals surface area contributed by atoms with Crippen molar-refractivity contribution >= 4 is 25.1 Å². The number of anilines is 1. The van der Waals surface area contributed by atoms with Crippen LogP contribution in [-0.2, 0) is 18.5 Å². The molecule has 8 nitrogen and oxygen atoms in total. The molecule has 3 aromatic heterocycles. The summed E-state index contributed by atoms with van der Waals surface area (Å²) in [6.07, 6.45) is 5.41. The first-order valence-electron chi connectivity index (χ1n) is 8.27. The maximum absolute atomic E-state index is 5.95. The van der Waals surface area contributed by atoms with Gasteiger partial charge < -0.3 is 10.2 Å². The van der Waals surface area contributed by atoms with Gasteiger partial charge in [-0.3, -0.25) is 9.25 Å². The van der Waals surface area contributed by atoms with Gasteiger partial charge in [0.1, 0.15) is 12.2 Å². The van der Waals surface area contributed by atoms with Crippen molar-refractivity contribution in [3.05, 3.63) is 24.7 Å². The van der Waals surface area contributed by atoms with E-state index in [0.717, 1.165) is 35.1 Å². The summed E-state index contributed by atoms with van der Waals surface area (Å²) in [5, 5.41) is 4.26. The first-order chi connectivity index (χ1) is 11.9. The first kappa shape index (κ1) is 17.6. The van der Waals surface area contributed by atoms with Gasteiger partial charge in [0.2, 0.25) is 0 Å². The zero-order valence-corrected chi connectivity index (χ0v) is 16.2. The third-order valence-corrected chi connectivity index (χ3v) is 5.67. The van der Waals surface area contributed by atoms with Crippen LogP contribution in [0.15, 0.2) is 24.7 Å². The van der Waals surface area contributed by atoms with E-state index in [1.54, 1.807) is 10.9 Å². The maximum Gasteiger partial charge on any atom is 0.161 e. The number of hydrazine groups is 1. The van der Waals surface area contributed by atoms with Gasteiger partial charge in [0.05, 0.1) is 18.1 Å². The number of hydrogen-bond acceptors (Lipinski definition) is 6. The Morgan fingerprint density at radius 3 is 2.72 bits per heavy atom. The molecule has 0 aliphatic rings. The smallest absolute Gasteiger partial charge is 0.161 e. The highest BCUT2D eigenvalue weighted by Gasteiger charge is 2.16. The summed E-state index contributed by atoms with van der Waals surface area (Å²) in [6.45, 7) is 8.21. The van der Waals surface area contributed by atoms with Crippen molar-refractivity contribution in [2.45, 2.75) is 32.4 Å². The summed E-state index contributed by atoms with van der Waals surface area (Å²) in [5.74, 6) is 5.98. The molecule has 9 heteroatoms. The lowest BCUT2D eigenvalue weighted by atomic mass is 10.2. The molecule has 0 amide bonds. The average molecular weight is 360 g/mol. The lowest BCUT2D eigenvalue weighted by Gasteiger charge is -2.16. The number of aryl methyl sites for hydroxylation is 1. The number of nitrogen functional groups attached to an aromatic ring is 1. The van der Waals surface area contributed by atoms with Gasteiger partial charge in [-0.25, -0.2) is 15.8 Å². The van der Waals surface area contributed by atoms with Crippen molar-refractivity contribution in [3.63, 3.8) is 0 Å². The second-order valence-corrected chi connectivity index (χ2v) is 12.9. The summed E-state index contributed by atoms with van der Waals surface area (Å²) in [6, 6.07) is 3.11. The van der Waals surface area contributed by atoms with Crippen LogP contribution in [0, 0.1) is 0 Å². The van der Waals surface area contributed by atoms with Gasteiger partial charge in [-0.05, 0) is 12.1 Å². The van der Waals surface area contributed by atoms with Gasteiger partial charge in [0, 0.05) is 33.5 Å². The third kappa shape index (κ3) is 4.06. The molecule has 0 radical (unpaired) electrons. The summed E-state index contributed by atoms with van der Waals surface area (Å²) in [7, 11) is 0.779. The third-order valence-electron chi connectivity index (χ3n) is 3.96. The maximum atomic E-state index is 5.95. The van der Waals surface area contributed by atoms with Crippen molar-refractivity contribution < 1.29 is 4.74 Å². The van der Waals surface area contributed by atoms with E-state index in [4.69, 9.17) is 10.6 Å². The monoisotopic (exact) mass is 359 g/mol. The van der Waals surface area contributed by atoms with Gasteiger partial charge in [-0.15, -0.1) is 0 Å². The van der Waals surface area contributed by atoms with Crippen molar-refractivity contribution in [1.82, 2.24) is 24.3 Å². The van der Waals surface area contributed by atoms with Gasteiger partial charge in [-0.1, -0.05) is 19.6 Å². The zero-order valence-electron chi connectivity index (χ0n) is 15.2. The van der Waals surface area contributed by atoms with Crippen LogP contribution in [0.2, 0.25) is 25.7 Å². The molecule has 0 unspecified atom stereocenters. The number of ether oxygens (including phenoxy) is 1. The van der Waals surface area contributed by atoms with Crippen LogP contribution < -0.4 is 11.3 Å². The lowest BCUT2D eigenvalue weighted by Crippen LogP contribution is -2.22. The SMILES string of the molecule is Cn1cc(-c2cc3nc(NN)cnc3n2COCC[Si](C)(C)C)cn1. The Hall–Kier alpha value is -2.23. The summed E-state index contributed by atoms with van der Waals surface area (Å²) in [4.78, 5) is 8.97. The Balaban J connectivity index is 1.92. The highest BCUT2D eigenvalue weighted by molar-refractivity contribution is 6.76. The summed E-state index contributed by atoms with van der Waals surface area (Å²) >= 11 is 0. The molecule has 0 bridgehead atoms. The average Bonchev–Trinajstić information content (AvgIpc) is 3.13. The Kier molecular flexibility index (Phi) is 4.88. The van der Waals surface area contributed by atoms with E-state index in [2.05, 4.69) is 40.1 Å². The normalized spacial score (nSPS) is 12.0. The van der Waals surface area contributed by atoms with Crippen LogP contribution in [0.25, 0.3) is 22.4 Å². The minimum Gasteiger partial charge on any atom is -0.361 e. The Morgan fingerprint density at radius 2 is 2.08 bits per heavy atom. The van der Waals surface area contributed by atoms with Crippen LogP contribution in [0.5, 0.6) is 0 Å². The Labute approximate surface area is 148 Å². The molecular formula is C16H25N7OSi. The number of fused-ring (bicyclic) bond motifs is 1. The number of hydrogen-bond donors (Lipinski definition) is 2. The highest BCUT2D eigenvalue weighted by atomic mass is 28.3. The molecule has 3 heterocycles. The summed E-state index contributed by atoms with van der Waals surface area (Å²) < 4.78 is 9.76. The van der Waals surface area contributed by atoms with Gasteiger partial charge >= 0.3 is 0 Å². The van der Waals surface area contributed by atoms with E-state index in [-0.39, 0.29) is 0 Å². The molecule has 0 aromatic carbocycles. The predicted octanol–water partition coefficient (Wildman–Crippen LogP) is 2.43. The molecule has 3 aromatic rings. The Bertz CT molecular complexity index is 865. The van der Waals surface area contributed by atoms with Gasteiger partial charge in [0.15, 0.2) is 11.5 Å². The number of nitrogens with one attached hydrogen (secondary N) is 1. The summed E-state index contributed by atoms with van der Waals surface area (Å²) in [5.41, 5.74) is 6.05. The molecule has 0 fully saturated rings. The van der Waals surface area contributed by atoms with Gasteiger partial charge in [0.25, 0.3) is 0 Å². The molecule has 25 heavy (non-hydrogen) atoms. The molecule has 3 rings (SSSR count). The number of rotatable bonds is 7. The highest BCUT2D eigenvalue weighted by Crippen LogP contribution is 2.26. The molecule has 0 aliphatic heterocycles. The topological polar surface area (TPSA) is 95.8 Å². The quantitative estimate of drug-likeness (QED) is 0.291. The first-order valence-corrected chi connectivity index (χ1v) is 12.0. The van der Waals surface area contributed by atoms with Crippen LogP contribution in [-0.4, -0.2) is 39.0 Å². The van der Waals surface area contributed by atoms with Crippen LogP contribution in [0.1, 0.15) is 0 Å². The van der Waals surface area contributed by atoms with Crippen LogP contribution in [0.4, 0.5) is 5.82 Å².